The lowest BCUT2D eigenvalue weighted by molar-refractivity contribution is -0.150. The van der Waals surface area contributed by atoms with E-state index in [1.165, 1.54) is 7.11 Å². The molecule has 3 atom stereocenters. The Labute approximate surface area is 696 Å². The average molecular weight is 1640 g/mol. The zero-order chi connectivity index (χ0) is 85.2. The van der Waals surface area contributed by atoms with Crippen LogP contribution in [0.15, 0.2) is 218 Å². The number of carbonyl (C=O) groups excluding carboxylic acids is 7. The van der Waals surface area contributed by atoms with Gasteiger partial charge in [0.05, 0.1) is 141 Å². The van der Waals surface area contributed by atoms with E-state index in [4.69, 9.17) is 85.3 Å². The maximum absolute atomic E-state index is 12.6. The molecule has 634 valence electrons. The van der Waals surface area contributed by atoms with Crippen molar-refractivity contribution in [2.75, 3.05) is 140 Å². The second-order valence-corrected chi connectivity index (χ2v) is 26.5. The molecule has 0 N–H and O–H groups in total. The average Bonchev–Trinajstić information content (AvgIpc) is 0.852. The van der Waals surface area contributed by atoms with Gasteiger partial charge in [0.2, 0.25) is 0 Å². The molecule has 0 aliphatic rings. The topological polar surface area (TPSA) is 286 Å². The van der Waals surface area contributed by atoms with E-state index in [0.29, 0.717) is 156 Å². The fourth-order valence-corrected chi connectivity index (χ4v) is 10.3. The molecule has 0 saturated heterocycles. The van der Waals surface area contributed by atoms with Crippen LogP contribution >= 0.6 is 0 Å². The summed E-state index contributed by atoms with van der Waals surface area (Å²) in [6, 6.07) is 64.5. The van der Waals surface area contributed by atoms with Crippen molar-refractivity contribution in [1.29, 1.82) is 0 Å². The monoisotopic (exact) mass is 1640 g/mol. The first-order chi connectivity index (χ1) is 57.9. The fourth-order valence-electron chi connectivity index (χ4n) is 10.3. The van der Waals surface area contributed by atoms with Gasteiger partial charge in [-0.3, -0.25) is 14.4 Å². The van der Waals surface area contributed by atoms with E-state index in [1.807, 2.05) is 139 Å². The molecule has 0 aliphatic carbocycles. The number of hydrogen-bond acceptors (Lipinski definition) is 25. The summed E-state index contributed by atoms with van der Waals surface area (Å²) in [4.78, 5) is 83.8. The van der Waals surface area contributed by atoms with Crippen molar-refractivity contribution >= 4 is 41.8 Å². The van der Waals surface area contributed by atoms with E-state index in [1.54, 1.807) is 136 Å². The second-order valence-electron chi connectivity index (χ2n) is 26.5. The van der Waals surface area contributed by atoms with Crippen LogP contribution in [0.5, 0.6) is 46.0 Å². The molecule has 0 fully saturated rings. The molecule has 0 heterocycles. The van der Waals surface area contributed by atoms with Crippen LogP contribution in [-0.4, -0.2) is 182 Å². The van der Waals surface area contributed by atoms with Gasteiger partial charge >= 0.3 is 41.8 Å². The zero-order valence-corrected chi connectivity index (χ0v) is 69.1. The first kappa shape index (κ1) is 94.2. The Morgan fingerprint density at radius 2 is 0.412 bits per heavy atom. The molecule has 25 heteroatoms. The minimum Gasteiger partial charge on any atom is -0.497 e. The Morgan fingerprint density at radius 3 is 0.630 bits per heavy atom. The number of ether oxygens (including phenoxy) is 18. The van der Waals surface area contributed by atoms with Crippen LogP contribution in [-0.2, 0) is 61.8 Å². The highest BCUT2D eigenvalue weighted by Crippen LogP contribution is 2.29. The minimum absolute atomic E-state index is 0.0896. The van der Waals surface area contributed by atoms with Gasteiger partial charge in [-0.15, -0.1) is 0 Å². The lowest BCUT2D eigenvalue weighted by atomic mass is 10.0. The lowest BCUT2D eigenvalue weighted by Gasteiger charge is -2.10. The molecule has 3 unspecified atom stereocenters. The summed E-state index contributed by atoms with van der Waals surface area (Å²) in [7, 11) is 4.61. The van der Waals surface area contributed by atoms with Crippen molar-refractivity contribution in [3.8, 4) is 79.4 Å². The summed E-state index contributed by atoms with van der Waals surface area (Å²) in [6.45, 7) is 17.7. The number of benzene rings is 9. The summed E-state index contributed by atoms with van der Waals surface area (Å²) in [6.07, 6.45) is 2.27. The quantitative estimate of drug-likeness (QED) is 0.0148. The number of hydrogen-bond donors (Lipinski definition) is 0. The summed E-state index contributed by atoms with van der Waals surface area (Å²) in [5, 5.41) is 0. The van der Waals surface area contributed by atoms with Crippen molar-refractivity contribution in [3.05, 3.63) is 241 Å². The van der Waals surface area contributed by atoms with E-state index in [9.17, 15) is 33.6 Å². The third kappa shape index (κ3) is 35.0. The summed E-state index contributed by atoms with van der Waals surface area (Å²) < 4.78 is 96.4. The third-order valence-corrected chi connectivity index (χ3v) is 18.0. The first-order valence-electron chi connectivity index (χ1n) is 39.5. The van der Waals surface area contributed by atoms with Gasteiger partial charge in [-0.25, -0.2) is 19.2 Å². The summed E-state index contributed by atoms with van der Waals surface area (Å²) in [5.74, 6) is 2.14. The van der Waals surface area contributed by atoms with Gasteiger partial charge in [-0.1, -0.05) is 114 Å². The Kier molecular flexibility index (Phi) is 42.8. The molecule has 0 aromatic heterocycles. The van der Waals surface area contributed by atoms with Crippen LogP contribution in [0.1, 0.15) is 102 Å². The smallest absolute Gasteiger partial charge is 0.343 e. The predicted molar refractivity (Wildman–Crippen MR) is 447 cm³/mol. The largest absolute Gasteiger partial charge is 0.497 e. The van der Waals surface area contributed by atoms with Crippen molar-refractivity contribution in [2.45, 2.75) is 60.8 Å². The second kappa shape index (κ2) is 54.1. The molecule has 25 nitrogen and oxygen atoms in total. The number of carbonyl (C=O) groups is 7. The number of methoxy groups -OCH3 is 3. The van der Waals surface area contributed by atoms with Gasteiger partial charge < -0.3 is 85.3 Å². The molecule has 0 radical (unpaired) electrons. The van der Waals surface area contributed by atoms with Crippen molar-refractivity contribution < 1.29 is 119 Å². The molecule has 9 aromatic rings. The van der Waals surface area contributed by atoms with Gasteiger partial charge in [0.1, 0.15) is 85.6 Å². The van der Waals surface area contributed by atoms with E-state index < -0.39 is 17.9 Å². The van der Waals surface area contributed by atoms with Gasteiger partial charge in [0, 0.05) is 0 Å². The Balaban J connectivity index is 0.000000246. The fraction of sp³-hybridized carbons (Fsp3) is 0.351. The molecule has 9 aromatic carbocycles. The maximum Gasteiger partial charge on any atom is 0.343 e. The third-order valence-electron chi connectivity index (χ3n) is 18.0. The van der Waals surface area contributed by atoms with Gasteiger partial charge in [-0.05, 0) is 198 Å². The molecular weight excluding hydrogens is 1530 g/mol. The van der Waals surface area contributed by atoms with E-state index in [-0.39, 0.29) is 61.5 Å². The van der Waals surface area contributed by atoms with Crippen molar-refractivity contribution in [2.24, 2.45) is 17.8 Å². The molecule has 0 bridgehead atoms. The van der Waals surface area contributed by atoms with Gasteiger partial charge in [0.25, 0.3) is 0 Å². The van der Waals surface area contributed by atoms with Gasteiger partial charge in [0.15, 0.2) is 0 Å². The van der Waals surface area contributed by atoms with Gasteiger partial charge in [-0.2, -0.15) is 0 Å². The highest BCUT2D eigenvalue weighted by atomic mass is 16.6. The van der Waals surface area contributed by atoms with Crippen LogP contribution in [0.3, 0.4) is 0 Å². The maximum atomic E-state index is 12.6. The summed E-state index contributed by atoms with van der Waals surface area (Å²) >= 11 is 0. The molecule has 0 aliphatic heterocycles. The SMILES string of the molecule is CCC(C)C(=O)OCCOCCOCCOc1ccc(C(=O)Oc2ccc(-c3ccc(C(=O)OC)cc3)cc2)cc1.CCC(C)C(=O)OCCOCCOCCOc1ccc(C(=O)Oc2ccc(-c3ccc(OC)cc3)cc2)cc1.CCC(C)C(=O)OCCOCCOCCOc1ccc(C(=O)Oc2ccc(-c3ccc(OC)cc3)cc2)cc1. The minimum atomic E-state index is -0.482. The van der Waals surface area contributed by atoms with E-state index >= 15 is 0 Å². The van der Waals surface area contributed by atoms with Crippen LogP contribution in [0.2, 0.25) is 0 Å². The highest BCUT2D eigenvalue weighted by Gasteiger charge is 2.17. The zero-order valence-electron chi connectivity index (χ0n) is 69.1. The Morgan fingerprint density at radius 1 is 0.227 bits per heavy atom. The Hall–Kier alpha value is -12.0. The van der Waals surface area contributed by atoms with Crippen LogP contribution in [0.25, 0.3) is 33.4 Å². The first-order valence-corrected chi connectivity index (χ1v) is 39.5. The lowest BCUT2D eigenvalue weighted by Crippen LogP contribution is -2.18. The van der Waals surface area contributed by atoms with Crippen LogP contribution in [0, 0.1) is 17.8 Å². The van der Waals surface area contributed by atoms with Crippen molar-refractivity contribution in [1.82, 2.24) is 0 Å². The molecule has 0 spiro atoms. The van der Waals surface area contributed by atoms with E-state index in [2.05, 4.69) is 0 Å². The van der Waals surface area contributed by atoms with Crippen LogP contribution in [0.4, 0.5) is 0 Å². The van der Waals surface area contributed by atoms with Crippen LogP contribution < -0.4 is 37.9 Å². The predicted octanol–water partition coefficient (Wildman–Crippen LogP) is 16.5. The molecular formula is C94H108O25. The number of esters is 7. The highest BCUT2D eigenvalue weighted by molar-refractivity contribution is 5.93. The number of rotatable bonds is 48. The normalized spacial score (nSPS) is 11.4. The summed E-state index contributed by atoms with van der Waals surface area (Å²) in [5.41, 5.74) is 7.64. The van der Waals surface area contributed by atoms with E-state index in [0.717, 1.165) is 64.1 Å². The molecule has 0 saturated carbocycles. The van der Waals surface area contributed by atoms with Crippen molar-refractivity contribution in [3.63, 3.8) is 0 Å². The molecule has 119 heavy (non-hydrogen) atoms. The standard InChI is InChI=1S/C32H36O9.2C31H36O8/c1-4-23(2)30(33)40-22-20-38-18-17-37-19-21-39-28-13-11-27(12-14-28)32(35)41-29-15-9-25(10-16-29)24-5-7-26(8-6-24)31(34)36-3;2*1-4-23(2)30(32)38-22-20-36-18-17-35-19-21-37-28-13-9-26(10-14-28)31(33)39-29-15-7-25(8-16-29)24-5-11-27(34-3)12-6-24/h5-16,23H,4,17-22H2,1-3H3;2*5-16,23H,4,17-22H2,1-3H3. The Bertz CT molecular complexity index is 4240. The molecule has 9 rings (SSSR count). The molecule has 0 amide bonds.